The molecule has 2 aromatic rings. The summed E-state index contributed by atoms with van der Waals surface area (Å²) < 4.78 is 10.6. The lowest BCUT2D eigenvalue weighted by Crippen LogP contribution is -2.43. The minimum Gasteiger partial charge on any atom is -0.376 e. The molecule has 9 nitrogen and oxygen atoms in total. The van der Waals surface area contributed by atoms with Gasteiger partial charge in [-0.3, -0.25) is 19.3 Å². The quantitative estimate of drug-likeness (QED) is 0.617. The summed E-state index contributed by atoms with van der Waals surface area (Å²) in [5.74, 6) is -0.227. The molecular weight excluding hydrogens is 412 g/mol. The normalized spacial score (nSPS) is 15.4. The van der Waals surface area contributed by atoms with Crippen molar-refractivity contribution in [2.45, 2.75) is 52.6 Å². The van der Waals surface area contributed by atoms with E-state index in [1.807, 2.05) is 32.0 Å². The first-order valence-corrected chi connectivity index (χ1v) is 10.8. The Morgan fingerprint density at radius 1 is 1.09 bits per heavy atom. The third-order valence-corrected chi connectivity index (χ3v) is 5.40. The Morgan fingerprint density at radius 3 is 2.56 bits per heavy atom. The molecule has 0 bridgehead atoms. The van der Waals surface area contributed by atoms with Crippen molar-refractivity contribution in [1.29, 1.82) is 0 Å². The van der Waals surface area contributed by atoms with E-state index >= 15 is 0 Å². The maximum atomic E-state index is 12.9. The van der Waals surface area contributed by atoms with Gasteiger partial charge in [-0.15, -0.1) is 0 Å². The number of ether oxygens (including phenoxy) is 1. The first-order chi connectivity index (χ1) is 15.3. The highest BCUT2D eigenvalue weighted by Crippen LogP contribution is 2.17. The predicted molar refractivity (Wildman–Crippen MR) is 119 cm³/mol. The predicted octanol–water partition coefficient (Wildman–Crippen LogP) is 2.65. The van der Waals surface area contributed by atoms with E-state index in [1.54, 1.807) is 13.0 Å². The van der Waals surface area contributed by atoms with Crippen LogP contribution in [0.15, 0.2) is 28.8 Å². The first kappa shape index (κ1) is 23.5. The Morgan fingerprint density at radius 2 is 1.91 bits per heavy atom. The van der Waals surface area contributed by atoms with Crippen molar-refractivity contribution < 1.29 is 23.6 Å². The van der Waals surface area contributed by atoms with Crippen LogP contribution >= 0.6 is 0 Å². The van der Waals surface area contributed by atoms with Gasteiger partial charge in [0.05, 0.1) is 6.10 Å². The van der Waals surface area contributed by atoms with Gasteiger partial charge in [0, 0.05) is 37.7 Å². The van der Waals surface area contributed by atoms with Gasteiger partial charge < -0.3 is 19.9 Å². The summed E-state index contributed by atoms with van der Waals surface area (Å²) in [6.45, 7) is 6.56. The average molecular weight is 443 g/mol. The lowest BCUT2D eigenvalue weighted by atomic mass is 10.1. The van der Waals surface area contributed by atoms with Crippen LogP contribution in [-0.2, 0) is 19.1 Å². The molecule has 3 rings (SSSR count). The van der Waals surface area contributed by atoms with Crippen LogP contribution in [0.25, 0.3) is 0 Å². The summed E-state index contributed by atoms with van der Waals surface area (Å²) in [6, 6.07) is 7.23. The minimum absolute atomic E-state index is 0.00602. The molecule has 0 unspecified atom stereocenters. The number of carbonyl (C=O) groups is 3. The number of aromatic nitrogens is 1. The summed E-state index contributed by atoms with van der Waals surface area (Å²) >= 11 is 0. The molecule has 0 saturated carbocycles. The van der Waals surface area contributed by atoms with Gasteiger partial charge in [0.15, 0.2) is 5.82 Å². The SMILES string of the molecule is Cc1cc(N(CC(=O)NC[C@@H]2CCCO2)C(=O)CCC(=O)Nc2ccc(C)c(C)c2)no1. The third-order valence-electron chi connectivity index (χ3n) is 5.40. The summed E-state index contributed by atoms with van der Waals surface area (Å²) in [4.78, 5) is 38.9. The summed E-state index contributed by atoms with van der Waals surface area (Å²) in [7, 11) is 0. The maximum absolute atomic E-state index is 12.9. The van der Waals surface area contributed by atoms with Crippen LogP contribution in [0.4, 0.5) is 11.5 Å². The Balaban J connectivity index is 1.56. The van der Waals surface area contributed by atoms with E-state index in [9.17, 15) is 14.4 Å². The number of hydrogen-bond acceptors (Lipinski definition) is 6. The van der Waals surface area contributed by atoms with Crippen molar-refractivity contribution in [3.63, 3.8) is 0 Å². The molecule has 9 heteroatoms. The molecule has 1 saturated heterocycles. The molecular formula is C23H30N4O5. The number of benzene rings is 1. The minimum atomic E-state index is -0.388. The second-order valence-corrected chi connectivity index (χ2v) is 8.06. The molecule has 1 aliphatic heterocycles. The number of amides is 3. The average Bonchev–Trinajstić information content (AvgIpc) is 3.43. The zero-order valence-corrected chi connectivity index (χ0v) is 18.8. The second-order valence-electron chi connectivity index (χ2n) is 8.06. The second kappa shape index (κ2) is 10.9. The highest BCUT2D eigenvalue weighted by molar-refractivity contribution is 6.00. The monoisotopic (exact) mass is 442 g/mol. The number of aryl methyl sites for hydroxylation is 3. The zero-order chi connectivity index (χ0) is 23.1. The van der Waals surface area contributed by atoms with Gasteiger partial charge in [-0.25, -0.2) is 0 Å². The van der Waals surface area contributed by atoms with Crippen LogP contribution in [0.1, 0.15) is 42.6 Å². The lowest BCUT2D eigenvalue weighted by Gasteiger charge is -2.20. The zero-order valence-electron chi connectivity index (χ0n) is 18.8. The summed E-state index contributed by atoms with van der Waals surface area (Å²) in [5, 5.41) is 9.47. The van der Waals surface area contributed by atoms with Crippen molar-refractivity contribution >= 4 is 29.2 Å². The molecule has 0 radical (unpaired) electrons. The maximum Gasteiger partial charge on any atom is 0.240 e. The Hall–Kier alpha value is -3.20. The van der Waals surface area contributed by atoms with Crippen molar-refractivity contribution in [2.75, 3.05) is 29.9 Å². The van der Waals surface area contributed by atoms with Gasteiger partial charge in [-0.05, 0) is 56.9 Å². The molecule has 1 atom stereocenters. The highest BCUT2D eigenvalue weighted by atomic mass is 16.5. The number of anilines is 2. The van der Waals surface area contributed by atoms with Crippen LogP contribution in [-0.4, -0.2) is 48.7 Å². The molecule has 1 fully saturated rings. The molecule has 2 heterocycles. The summed E-state index contributed by atoms with van der Waals surface area (Å²) in [5.41, 5.74) is 2.89. The van der Waals surface area contributed by atoms with E-state index in [0.717, 1.165) is 24.0 Å². The smallest absolute Gasteiger partial charge is 0.240 e. The molecule has 0 aliphatic carbocycles. The molecule has 3 amide bonds. The fourth-order valence-electron chi connectivity index (χ4n) is 3.41. The number of carbonyl (C=O) groups excluding carboxylic acids is 3. The van der Waals surface area contributed by atoms with Gasteiger partial charge in [0.2, 0.25) is 17.7 Å². The Kier molecular flexibility index (Phi) is 7.99. The Labute approximate surface area is 187 Å². The largest absolute Gasteiger partial charge is 0.376 e. The summed E-state index contributed by atoms with van der Waals surface area (Å²) in [6.07, 6.45) is 1.80. The van der Waals surface area contributed by atoms with E-state index in [1.165, 1.54) is 4.90 Å². The fraction of sp³-hybridized carbons (Fsp3) is 0.478. The van der Waals surface area contributed by atoms with Gasteiger partial charge in [0.25, 0.3) is 0 Å². The van der Waals surface area contributed by atoms with E-state index in [0.29, 0.717) is 24.6 Å². The van der Waals surface area contributed by atoms with Crippen molar-refractivity contribution in [1.82, 2.24) is 10.5 Å². The third kappa shape index (κ3) is 6.65. The van der Waals surface area contributed by atoms with Gasteiger partial charge in [-0.2, -0.15) is 0 Å². The molecule has 1 aliphatic rings. The van der Waals surface area contributed by atoms with Crippen molar-refractivity contribution in [2.24, 2.45) is 0 Å². The van der Waals surface area contributed by atoms with Crippen molar-refractivity contribution in [3.8, 4) is 0 Å². The lowest BCUT2D eigenvalue weighted by molar-refractivity contribution is -0.125. The number of nitrogens with one attached hydrogen (secondary N) is 2. The topological polar surface area (TPSA) is 114 Å². The highest BCUT2D eigenvalue weighted by Gasteiger charge is 2.24. The van der Waals surface area contributed by atoms with Crippen LogP contribution in [0.3, 0.4) is 0 Å². The number of rotatable bonds is 9. The molecule has 32 heavy (non-hydrogen) atoms. The fourth-order valence-corrected chi connectivity index (χ4v) is 3.41. The molecule has 172 valence electrons. The molecule has 1 aromatic carbocycles. The van der Waals surface area contributed by atoms with Crippen LogP contribution in [0, 0.1) is 20.8 Å². The van der Waals surface area contributed by atoms with Gasteiger partial charge >= 0.3 is 0 Å². The molecule has 0 spiro atoms. The van der Waals surface area contributed by atoms with Crippen LogP contribution in [0.5, 0.6) is 0 Å². The Bertz CT molecular complexity index is 965. The molecule has 1 aromatic heterocycles. The molecule has 2 N–H and O–H groups in total. The van der Waals surface area contributed by atoms with Crippen LogP contribution < -0.4 is 15.5 Å². The van der Waals surface area contributed by atoms with Crippen LogP contribution in [0.2, 0.25) is 0 Å². The van der Waals surface area contributed by atoms with E-state index in [-0.39, 0.29) is 49.0 Å². The van der Waals surface area contributed by atoms with Gasteiger partial charge in [0.1, 0.15) is 12.3 Å². The van der Waals surface area contributed by atoms with E-state index in [4.69, 9.17) is 9.26 Å². The van der Waals surface area contributed by atoms with E-state index in [2.05, 4.69) is 15.8 Å². The standard InChI is InChI=1S/C23H30N4O5/c1-15-6-7-18(11-16(15)2)25-21(28)8-9-23(30)27(20-12-17(3)32-26-20)14-22(29)24-13-19-5-4-10-31-19/h6-7,11-12,19H,4-5,8-10,13-14H2,1-3H3,(H,24,29)(H,25,28)/t19-/m0/s1. The number of nitrogens with zero attached hydrogens (tertiary/aromatic N) is 2. The van der Waals surface area contributed by atoms with E-state index < -0.39 is 0 Å². The van der Waals surface area contributed by atoms with Crippen molar-refractivity contribution in [3.05, 3.63) is 41.2 Å². The van der Waals surface area contributed by atoms with Gasteiger partial charge in [-0.1, -0.05) is 11.2 Å². The number of hydrogen-bond donors (Lipinski definition) is 2. The first-order valence-electron chi connectivity index (χ1n) is 10.8.